The number of aliphatic hydroxyl groups excluding tert-OH is 1. The van der Waals surface area contributed by atoms with Gasteiger partial charge in [-0.3, -0.25) is 4.79 Å². The van der Waals surface area contributed by atoms with E-state index in [-0.39, 0.29) is 12.1 Å². The van der Waals surface area contributed by atoms with E-state index in [4.69, 9.17) is 0 Å². The van der Waals surface area contributed by atoms with Crippen LogP contribution in [0.3, 0.4) is 0 Å². The number of hydrogen-bond donors (Lipinski definition) is 1. The second-order valence-corrected chi connectivity index (χ2v) is 6.08. The molecular formula is C19H36O3. The molecule has 3 nitrogen and oxygen atoms in total. The van der Waals surface area contributed by atoms with Crippen LogP contribution in [0.25, 0.3) is 0 Å². The highest BCUT2D eigenvalue weighted by Gasteiger charge is 2.00. The van der Waals surface area contributed by atoms with Crippen molar-refractivity contribution in [1.82, 2.24) is 0 Å². The van der Waals surface area contributed by atoms with E-state index in [0.29, 0.717) is 6.42 Å². The smallest absolute Gasteiger partial charge is 0.305 e. The fraction of sp³-hybridized carbons (Fsp3) is 0.842. The highest BCUT2D eigenvalue weighted by molar-refractivity contribution is 5.68. The summed E-state index contributed by atoms with van der Waals surface area (Å²) in [6, 6.07) is 0. The van der Waals surface area contributed by atoms with Crippen LogP contribution in [0.4, 0.5) is 0 Å². The minimum absolute atomic E-state index is 0.113. The summed E-state index contributed by atoms with van der Waals surface area (Å²) in [5.41, 5.74) is 0. The Hall–Kier alpha value is -0.830. The van der Waals surface area contributed by atoms with Gasteiger partial charge in [0.2, 0.25) is 0 Å². The van der Waals surface area contributed by atoms with Gasteiger partial charge in [0.25, 0.3) is 0 Å². The summed E-state index contributed by atoms with van der Waals surface area (Å²) in [5.74, 6) is -0.113. The van der Waals surface area contributed by atoms with Crippen molar-refractivity contribution >= 4 is 5.97 Å². The fourth-order valence-electron chi connectivity index (χ4n) is 2.47. The Labute approximate surface area is 137 Å². The van der Waals surface area contributed by atoms with Crippen molar-refractivity contribution in [3.05, 3.63) is 12.2 Å². The summed E-state index contributed by atoms with van der Waals surface area (Å²) < 4.78 is 4.60. The molecule has 1 atom stereocenters. The van der Waals surface area contributed by atoms with Crippen LogP contribution in [0.1, 0.15) is 90.4 Å². The van der Waals surface area contributed by atoms with E-state index in [1.54, 1.807) is 0 Å². The van der Waals surface area contributed by atoms with Crippen LogP contribution >= 0.6 is 0 Å². The SMILES string of the molecule is CCCCCCCC[C@@H](O)/C=C/CCCCCCC(=O)OC. The van der Waals surface area contributed by atoms with Crippen molar-refractivity contribution in [2.75, 3.05) is 7.11 Å². The van der Waals surface area contributed by atoms with Crippen molar-refractivity contribution < 1.29 is 14.6 Å². The second kappa shape index (κ2) is 16.5. The molecule has 0 rings (SSSR count). The van der Waals surface area contributed by atoms with E-state index in [2.05, 4.69) is 17.7 Å². The summed E-state index contributed by atoms with van der Waals surface area (Å²) in [6.07, 6.45) is 18.1. The van der Waals surface area contributed by atoms with Crippen molar-refractivity contribution in [3.8, 4) is 0 Å². The molecule has 0 bridgehead atoms. The Kier molecular flexibility index (Phi) is 15.9. The van der Waals surface area contributed by atoms with E-state index < -0.39 is 0 Å². The van der Waals surface area contributed by atoms with Gasteiger partial charge >= 0.3 is 5.97 Å². The zero-order valence-electron chi connectivity index (χ0n) is 14.7. The minimum atomic E-state index is -0.273. The lowest BCUT2D eigenvalue weighted by Gasteiger charge is -2.05. The second-order valence-electron chi connectivity index (χ2n) is 6.08. The van der Waals surface area contributed by atoms with Crippen molar-refractivity contribution in [1.29, 1.82) is 0 Å². The third kappa shape index (κ3) is 15.6. The molecule has 0 saturated heterocycles. The van der Waals surface area contributed by atoms with E-state index in [0.717, 1.165) is 44.9 Å². The lowest BCUT2D eigenvalue weighted by Crippen LogP contribution is -2.01. The predicted octanol–water partition coefficient (Wildman–Crippen LogP) is 5.17. The summed E-state index contributed by atoms with van der Waals surface area (Å²) in [6.45, 7) is 2.23. The average molecular weight is 312 g/mol. The number of carbonyl (C=O) groups excluding carboxylic acids is 1. The van der Waals surface area contributed by atoms with Crippen LogP contribution in [-0.4, -0.2) is 24.3 Å². The van der Waals surface area contributed by atoms with Gasteiger partial charge in [-0.1, -0.05) is 70.4 Å². The number of aliphatic hydroxyl groups is 1. The maximum absolute atomic E-state index is 10.9. The molecule has 0 aromatic heterocycles. The van der Waals surface area contributed by atoms with Crippen LogP contribution in [-0.2, 0) is 9.53 Å². The van der Waals surface area contributed by atoms with Gasteiger partial charge in [0.15, 0.2) is 0 Å². The average Bonchev–Trinajstić information content (AvgIpc) is 2.52. The van der Waals surface area contributed by atoms with Gasteiger partial charge in [-0.2, -0.15) is 0 Å². The van der Waals surface area contributed by atoms with E-state index in [1.165, 1.54) is 39.2 Å². The Morgan fingerprint density at radius 2 is 1.64 bits per heavy atom. The summed E-state index contributed by atoms with van der Waals surface area (Å²) in [5, 5.41) is 9.84. The minimum Gasteiger partial charge on any atom is -0.469 e. The first-order valence-corrected chi connectivity index (χ1v) is 9.12. The summed E-state index contributed by atoms with van der Waals surface area (Å²) in [7, 11) is 1.43. The topological polar surface area (TPSA) is 46.5 Å². The zero-order chi connectivity index (χ0) is 16.5. The molecule has 0 radical (unpaired) electrons. The highest BCUT2D eigenvalue weighted by atomic mass is 16.5. The number of hydrogen-bond acceptors (Lipinski definition) is 3. The molecule has 0 unspecified atom stereocenters. The first kappa shape index (κ1) is 21.2. The zero-order valence-corrected chi connectivity index (χ0v) is 14.7. The van der Waals surface area contributed by atoms with Crippen LogP contribution < -0.4 is 0 Å². The van der Waals surface area contributed by atoms with Gasteiger partial charge in [-0.25, -0.2) is 0 Å². The van der Waals surface area contributed by atoms with E-state index in [1.807, 2.05) is 6.08 Å². The lowest BCUT2D eigenvalue weighted by molar-refractivity contribution is -0.140. The van der Waals surface area contributed by atoms with Gasteiger partial charge in [-0.15, -0.1) is 0 Å². The van der Waals surface area contributed by atoms with Crippen molar-refractivity contribution in [2.45, 2.75) is 96.5 Å². The third-order valence-electron chi connectivity index (χ3n) is 3.94. The first-order valence-electron chi connectivity index (χ1n) is 9.12. The molecule has 130 valence electrons. The van der Waals surface area contributed by atoms with Crippen molar-refractivity contribution in [2.24, 2.45) is 0 Å². The van der Waals surface area contributed by atoms with Crippen LogP contribution in [0, 0.1) is 0 Å². The fourth-order valence-corrected chi connectivity index (χ4v) is 2.47. The molecular weight excluding hydrogens is 276 g/mol. The number of methoxy groups -OCH3 is 1. The van der Waals surface area contributed by atoms with Crippen LogP contribution in [0.15, 0.2) is 12.2 Å². The Morgan fingerprint density at radius 1 is 1.00 bits per heavy atom. The normalized spacial score (nSPS) is 12.7. The summed E-state index contributed by atoms with van der Waals surface area (Å²) in [4.78, 5) is 10.9. The van der Waals surface area contributed by atoms with Crippen LogP contribution in [0.5, 0.6) is 0 Å². The molecule has 0 aromatic carbocycles. The van der Waals surface area contributed by atoms with E-state index >= 15 is 0 Å². The molecule has 0 amide bonds. The van der Waals surface area contributed by atoms with Gasteiger partial charge in [0, 0.05) is 6.42 Å². The molecule has 0 fully saturated rings. The van der Waals surface area contributed by atoms with Crippen LogP contribution in [0.2, 0.25) is 0 Å². The monoisotopic (exact) mass is 312 g/mol. The van der Waals surface area contributed by atoms with E-state index in [9.17, 15) is 9.90 Å². The maximum atomic E-state index is 10.9. The van der Waals surface area contributed by atoms with Gasteiger partial charge in [0.05, 0.1) is 13.2 Å². The number of unbranched alkanes of at least 4 members (excludes halogenated alkanes) is 9. The molecule has 0 aliphatic carbocycles. The number of allylic oxidation sites excluding steroid dienone is 1. The standard InChI is InChI=1S/C19H36O3/c1-3-4-5-6-9-12-15-18(20)16-13-10-7-8-11-14-17-19(21)22-2/h13,16,18,20H,3-12,14-15,17H2,1-2H3/b16-13+/t18-/m1/s1. The molecule has 0 saturated carbocycles. The molecule has 0 aliphatic heterocycles. The Morgan fingerprint density at radius 3 is 2.36 bits per heavy atom. The molecule has 0 aromatic rings. The molecule has 22 heavy (non-hydrogen) atoms. The molecule has 0 aliphatic rings. The lowest BCUT2D eigenvalue weighted by atomic mass is 10.1. The third-order valence-corrected chi connectivity index (χ3v) is 3.94. The number of rotatable bonds is 15. The van der Waals surface area contributed by atoms with Gasteiger partial charge < -0.3 is 9.84 Å². The van der Waals surface area contributed by atoms with Gasteiger partial charge in [0.1, 0.15) is 0 Å². The van der Waals surface area contributed by atoms with Gasteiger partial charge in [-0.05, 0) is 25.7 Å². The molecule has 3 heteroatoms. The molecule has 0 spiro atoms. The Bertz CT molecular complexity index is 274. The molecule has 0 heterocycles. The first-order chi connectivity index (χ1) is 10.7. The number of esters is 1. The Balaban J connectivity index is 3.31. The maximum Gasteiger partial charge on any atom is 0.305 e. The number of carbonyl (C=O) groups is 1. The molecule has 1 N–H and O–H groups in total. The largest absolute Gasteiger partial charge is 0.469 e. The highest BCUT2D eigenvalue weighted by Crippen LogP contribution is 2.10. The summed E-state index contributed by atoms with van der Waals surface area (Å²) >= 11 is 0. The quantitative estimate of drug-likeness (QED) is 0.258. The van der Waals surface area contributed by atoms with Crippen molar-refractivity contribution in [3.63, 3.8) is 0 Å². The number of ether oxygens (including phenoxy) is 1. The predicted molar refractivity (Wildman–Crippen MR) is 92.9 cm³/mol.